The zero-order chi connectivity index (χ0) is 9.97. The van der Waals surface area contributed by atoms with E-state index in [2.05, 4.69) is 37.3 Å². The average Bonchev–Trinajstić information content (AvgIpc) is 2.56. The molecule has 0 aliphatic heterocycles. The van der Waals surface area contributed by atoms with Crippen molar-refractivity contribution in [1.82, 2.24) is 0 Å². The minimum Gasteiger partial charge on any atom is -0.128 e. The molecule has 2 heteroatoms. The van der Waals surface area contributed by atoms with Crippen molar-refractivity contribution in [3.63, 3.8) is 0 Å². The highest BCUT2D eigenvalue weighted by atomic mass is 35.5. The summed E-state index contributed by atoms with van der Waals surface area (Å²) in [6.07, 6.45) is 0.990. The van der Waals surface area contributed by atoms with Crippen LogP contribution in [0.2, 0.25) is 4.34 Å². The van der Waals surface area contributed by atoms with Gasteiger partial charge in [-0.25, -0.2) is 0 Å². The Morgan fingerprint density at radius 1 is 1.14 bits per heavy atom. The fraction of sp³-hybridized carbons (Fsp3) is 0.167. The molecular formula is C12H11ClS. The van der Waals surface area contributed by atoms with Gasteiger partial charge in [-0.2, -0.15) is 0 Å². The summed E-state index contributed by atoms with van der Waals surface area (Å²) < 4.78 is 0.869. The second-order valence-corrected chi connectivity index (χ2v) is 5.11. The molecule has 0 spiro atoms. The third-order valence-corrected chi connectivity index (χ3v) is 3.49. The fourth-order valence-electron chi connectivity index (χ4n) is 1.44. The minimum atomic E-state index is 0.869. The molecule has 0 aliphatic rings. The van der Waals surface area contributed by atoms with E-state index in [0.717, 1.165) is 10.8 Å². The molecule has 0 aliphatic carbocycles. The summed E-state index contributed by atoms with van der Waals surface area (Å²) in [5.41, 5.74) is 2.73. The summed E-state index contributed by atoms with van der Waals surface area (Å²) in [5, 5.41) is 0. The molecule has 0 N–H and O–H groups in total. The molecule has 0 radical (unpaired) electrons. The maximum absolute atomic E-state index is 5.88. The van der Waals surface area contributed by atoms with Gasteiger partial charge in [0.05, 0.1) is 4.34 Å². The van der Waals surface area contributed by atoms with E-state index in [-0.39, 0.29) is 0 Å². The summed E-state index contributed by atoms with van der Waals surface area (Å²) in [7, 11) is 0. The van der Waals surface area contributed by atoms with Gasteiger partial charge in [0.15, 0.2) is 0 Å². The monoisotopic (exact) mass is 222 g/mol. The summed E-state index contributed by atoms with van der Waals surface area (Å²) in [4.78, 5) is 1.32. The van der Waals surface area contributed by atoms with Crippen LogP contribution in [-0.2, 0) is 6.42 Å². The van der Waals surface area contributed by atoms with E-state index in [1.807, 2.05) is 6.07 Å². The van der Waals surface area contributed by atoms with Gasteiger partial charge in [-0.05, 0) is 30.2 Å². The van der Waals surface area contributed by atoms with Crippen molar-refractivity contribution < 1.29 is 0 Å². The standard InChI is InChI=1S/C12H11ClS/c1-9-4-2-3-5-10(9)8-11-6-7-12(13)14-11/h2-7H,8H2,1H3. The Labute approximate surface area is 93.2 Å². The maximum Gasteiger partial charge on any atom is 0.0931 e. The summed E-state index contributed by atoms with van der Waals surface area (Å²) in [6.45, 7) is 2.14. The highest BCUT2D eigenvalue weighted by Gasteiger charge is 2.01. The normalized spacial score (nSPS) is 10.4. The van der Waals surface area contributed by atoms with Crippen LogP contribution in [0, 0.1) is 6.92 Å². The van der Waals surface area contributed by atoms with Crippen molar-refractivity contribution in [3.8, 4) is 0 Å². The zero-order valence-corrected chi connectivity index (χ0v) is 9.53. The molecule has 1 heterocycles. The van der Waals surface area contributed by atoms with Crippen LogP contribution in [0.3, 0.4) is 0 Å². The van der Waals surface area contributed by atoms with Gasteiger partial charge in [0.25, 0.3) is 0 Å². The molecule has 0 amide bonds. The molecule has 0 unspecified atom stereocenters. The lowest BCUT2D eigenvalue weighted by Crippen LogP contribution is -1.87. The maximum atomic E-state index is 5.88. The second kappa shape index (κ2) is 4.16. The molecular weight excluding hydrogens is 212 g/mol. The number of benzene rings is 1. The highest BCUT2D eigenvalue weighted by molar-refractivity contribution is 7.16. The molecule has 0 atom stereocenters. The molecule has 1 aromatic carbocycles. The second-order valence-electron chi connectivity index (χ2n) is 3.31. The van der Waals surface area contributed by atoms with Crippen LogP contribution in [0.1, 0.15) is 16.0 Å². The van der Waals surface area contributed by atoms with Gasteiger partial charge in [-0.3, -0.25) is 0 Å². The van der Waals surface area contributed by atoms with E-state index in [4.69, 9.17) is 11.6 Å². The molecule has 0 saturated carbocycles. The van der Waals surface area contributed by atoms with Gasteiger partial charge in [0.2, 0.25) is 0 Å². The topological polar surface area (TPSA) is 0 Å². The van der Waals surface area contributed by atoms with Gasteiger partial charge < -0.3 is 0 Å². The Kier molecular flexibility index (Phi) is 2.90. The number of hydrogen-bond acceptors (Lipinski definition) is 1. The average molecular weight is 223 g/mol. The van der Waals surface area contributed by atoms with Gasteiger partial charge in [0.1, 0.15) is 0 Å². The lowest BCUT2D eigenvalue weighted by molar-refractivity contribution is 1.19. The number of halogens is 1. The van der Waals surface area contributed by atoms with Crippen LogP contribution in [0.4, 0.5) is 0 Å². The first-order valence-electron chi connectivity index (χ1n) is 4.54. The van der Waals surface area contributed by atoms with E-state index < -0.39 is 0 Å². The Bertz CT molecular complexity index is 431. The summed E-state index contributed by atoms with van der Waals surface area (Å²) in [5.74, 6) is 0. The van der Waals surface area contributed by atoms with Crippen molar-refractivity contribution in [1.29, 1.82) is 0 Å². The van der Waals surface area contributed by atoms with Crippen LogP contribution in [0.25, 0.3) is 0 Å². The molecule has 2 rings (SSSR count). The third-order valence-electron chi connectivity index (χ3n) is 2.25. The molecule has 1 aromatic heterocycles. The lowest BCUT2D eigenvalue weighted by Gasteiger charge is -2.02. The van der Waals surface area contributed by atoms with Gasteiger partial charge >= 0.3 is 0 Å². The Hall–Kier alpha value is -0.790. The van der Waals surface area contributed by atoms with Crippen LogP contribution >= 0.6 is 22.9 Å². The van der Waals surface area contributed by atoms with Gasteiger partial charge in [-0.15, -0.1) is 11.3 Å². The predicted molar refractivity (Wildman–Crippen MR) is 63.3 cm³/mol. The van der Waals surface area contributed by atoms with E-state index >= 15 is 0 Å². The Morgan fingerprint density at radius 2 is 1.93 bits per heavy atom. The lowest BCUT2D eigenvalue weighted by atomic mass is 10.1. The number of thiophene rings is 1. The highest BCUT2D eigenvalue weighted by Crippen LogP contribution is 2.24. The smallest absolute Gasteiger partial charge is 0.0931 e. The first-order chi connectivity index (χ1) is 6.75. The Morgan fingerprint density at radius 3 is 2.57 bits per heavy atom. The molecule has 72 valence electrons. The molecule has 0 fully saturated rings. The third kappa shape index (κ3) is 2.17. The first kappa shape index (κ1) is 9.75. The van der Waals surface area contributed by atoms with Gasteiger partial charge in [-0.1, -0.05) is 35.9 Å². The van der Waals surface area contributed by atoms with Crippen LogP contribution in [0.15, 0.2) is 36.4 Å². The number of hydrogen-bond donors (Lipinski definition) is 0. The first-order valence-corrected chi connectivity index (χ1v) is 5.74. The van der Waals surface area contributed by atoms with Crippen molar-refractivity contribution in [3.05, 3.63) is 56.7 Å². The van der Waals surface area contributed by atoms with Gasteiger partial charge in [0, 0.05) is 11.3 Å². The van der Waals surface area contributed by atoms with Crippen molar-refractivity contribution >= 4 is 22.9 Å². The number of aryl methyl sites for hydroxylation is 1. The quantitative estimate of drug-likeness (QED) is 0.711. The van der Waals surface area contributed by atoms with Crippen LogP contribution < -0.4 is 0 Å². The fourth-order valence-corrected chi connectivity index (χ4v) is 2.55. The SMILES string of the molecule is Cc1ccccc1Cc1ccc(Cl)s1. The molecule has 2 aromatic rings. The van der Waals surface area contributed by atoms with E-state index in [1.54, 1.807) is 11.3 Å². The Balaban J connectivity index is 2.23. The zero-order valence-electron chi connectivity index (χ0n) is 7.96. The van der Waals surface area contributed by atoms with E-state index in [1.165, 1.54) is 16.0 Å². The van der Waals surface area contributed by atoms with E-state index in [0.29, 0.717) is 0 Å². The summed E-state index contributed by atoms with van der Waals surface area (Å²) in [6, 6.07) is 12.5. The van der Waals surface area contributed by atoms with Crippen LogP contribution in [0.5, 0.6) is 0 Å². The molecule has 0 saturated heterocycles. The predicted octanol–water partition coefficient (Wildman–Crippen LogP) is 4.30. The van der Waals surface area contributed by atoms with Crippen LogP contribution in [-0.4, -0.2) is 0 Å². The summed E-state index contributed by atoms with van der Waals surface area (Å²) >= 11 is 7.54. The minimum absolute atomic E-state index is 0.869. The van der Waals surface area contributed by atoms with Crippen molar-refractivity contribution in [2.45, 2.75) is 13.3 Å². The van der Waals surface area contributed by atoms with Crippen molar-refractivity contribution in [2.24, 2.45) is 0 Å². The largest absolute Gasteiger partial charge is 0.128 e. The molecule has 0 nitrogen and oxygen atoms in total. The number of rotatable bonds is 2. The van der Waals surface area contributed by atoms with E-state index in [9.17, 15) is 0 Å². The molecule has 14 heavy (non-hydrogen) atoms. The molecule has 0 bridgehead atoms. The van der Waals surface area contributed by atoms with Crippen molar-refractivity contribution in [2.75, 3.05) is 0 Å².